The molecular weight excluding hydrogens is 1020 g/mol. The molecule has 10 rings (SSSR count). The van der Waals surface area contributed by atoms with Crippen LogP contribution in [-0.2, 0) is 42.8 Å². The summed E-state index contributed by atoms with van der Waals surface area (Å²) in [6.07, 6.45) is 2.10. The highest BCUT2D eigenvalue weighted by Gasteiger charge is 3.02. The Morgan fingerprint density at radius 3 is 1.88 bits per heavy atom. The van der Waals surface area contributed by atoms with Crippen molar-refractivity contribution in [2.75, 3.05) is 7.11 Å². The molecule has 4 aromatic rings. The van der Waals surface area contributed by atoms with E-state index in [-0.39, 0.29) is 29.5 Å². The lowest BCUT2D eigenvalue weighted by Crippen LogP contribution is -2.68. The predicted molar refractivity (Wildman–Crippen MR) is 233 cm³/mol. The summed E-state index contributed by atoms with van der Waals surface area (Å²) >= 11 is 10.2. The number of methoxy groups -OCH3 is 1. The van der Waals surface area contributed by atoms with Crippen LogP contribution < -0.4 is 0 Å². The highest BCUT2D eigenvalue weighted by Crippen LogP contribution is 2.90. The summed E-state index contributed by atoms with van der Waals surface area (Å²) in [5, 5.41) is 0. The Labute approximate surface area is 391 Å². The molecule has 0 N–H and O–H groups in total. The molecule has 1 aromatic heterocycles. The first-order valence-corrected chi connectivity index (χ1v) is 23.0. The molecule has 1 spiro atoms. The number of cyclic esters (lactones) is 1. The van der Waals surface area contributed by atoms with Gasteiger partial charge in [-0.2, -0.15) is 0 Å². The molecule has 2 bridgehead atoms. The lowest BCUT2D eigenvalue weighted by Gasteiger charge is -2.56. The highest BCUT2D eigenvalue weighted by molar-refractivity contribution is 9.11. The van der Waals surface area contributed by atoms with Gasteiger partial charge in [0.2, 0.25) is 11.7 Å². The van der Waals surface area contributed by atoms with Crippen LogP contribution in [0.3, 0.4) is 0 Å². The largest absolute Gasteiger partial charge is 0.472 e. The first kappa shape index (κ1) is 42.9. The zero-order chi connectivity index (χ0) is 45.4. The maximum Gasteiger partial charge on any atom is 0.352 e. The molecule has 4 saturated carbocycles. The van der Waals surface area contributed by atoms with E-state index in [1.807, 2.05) is 13.8 Å². The Morgan fingerprint density at radius 2 is 1.33 bits per heavy atom. The molecule has 330 valence electrons. The van der Waals surface area contributed by atoms with E-state index in [1.165, 1.54) is 42.9 Å². The average molecular weight is 1060 g/mol. The van der Waals surface area contributed by atoms with Crippen LogP contribution in [-0.4, -0.2) is 65.8 Å². The number of esters is 6. The zero-order valence-corrected chi connectivity index (χ0v) is 39.4. The number of fused-ring (bicyclic) bond motifs is 4. The monoisotopic (exact) mass is 1060 g/mol. The van der Waals surface area contributed by atoms with Gasteiger partial charge in [-0.15, -0.1) is 0 Å². The third-order valence-electron chi connectivity index (χ3n) is 15.5. The van der Waals surface area contributed by atoms with Crippen LogP contribution in [0, 0.1) is 34.0 Å². The molecule has 16 heteroatoms. The van der Waals surface area contributed by atoms with Crippen molar-refractivity contribution in [1.29, 1.82) is 0 Å². The minimum absolute atomic E-state index is 0.0904. The summed E-state index contributed by atoms with van der Waals surface area (Å²) in [5.74, 6) is -8.55. The molecule has 13 nitrogen and oxygen atoms in total. The number of furan rings is 1. The van der Waals surface area contributed by atoms with Gasteiger partial charge in [0.05, 0.1) is 42.2 Å². The summed E-state index contributed by atoms with van der Waals surface area (Å²) in [7, 11) is 1.16. The first-order chi connectivity index (χ1) is 30.4. The van der Waals surface area contributed by atoms with E-state index < -0.39 is 98.8 Å². The standard InChI is InChI=1S/C48H39Br3O13/c1-43-19-17-31-45(3)35(34(40(56)58-4)61-37(53)24-5-11-28(49)12-6-24)44(2)23-46(45,62-38(54)25-7-13-29(50)14-8-25)41-47(31,32(43)21-33(52)60-36(43)27-18-20-59-22-27)64-42(57)48(41,44)63-39(55)26-9-15-30(51)16-10-26/h5-16,18,20-22,31,34-36,41H,17,19,23H2,1-4H3/t31-,34+,35+,36+,41+,43-,44-,45-,46+,47+,48-/m1/s1. The quantitative estimate of drug-likeness (QED) is 0.115. The van der Waals surface area contributed by atoms with Crippen LogP contribution in [0.25, 0.3) is 0 Å². The Balaban J connectivity index is 1.25. The summed E-state index contributed by atoms with van der Waals surface area (Å²) < 4.78 is 46.1. The van der Waals surface area contributed by atoms with Crippen molar-refractivity contribution in [2.24, 2.45) is 34.0 Å². The zero-order valence-electron chi connectivity index (χ0n) is 34.7. The Morgan fingerprint density at radius 1 is 0.766 bits per heavy atom. The molecule has 4 aliphatic carbocycles. The Kier molecular flexibility index (Phi) is 9.69. The van der Waals surface area contributed by atoms with E-state index in [1.54, 1.807) is 61.5 Å². The fourth-order valence-corrected chi connectivity index (χ4v) is 14.1. The van der Waals surface area contributed by atoms with Crippen molar-refractivity contribution in [3.63, 3.8) is 0 Å². The predicted octanol–water partition coefficient (Wildman–Crippen LogP) is 9.07. The smallest absolute Gasteiger partial charge is 0.352 e. The van der Waals surface area contributed by atoms with Crippen molar-refractivity contribution in [1.82, 2.24) is 0 Å². The second-order valence-electron chi connectivity index (χ2n) is 18.2. The highest BCUT2D eigenvalue weighted by atomic mass is 79.9. The molecule has 0 radical (unpaired) electrons. The van der Waals surface area contributed by atoms with Crippen LogP contribution >= 0.6 is 47.8 Å². The molecule has 3 heterocycles. The number of hydrogen-bond acceptors (Lipinski definition) is 13. The number of hydrogen-bond donors (Lipinski definition) is 0. The van der Waals surface area contributed by atoms with E-state index in [0.29, 0.717) is 31.0 Å². The summed E-state index contributed by atoms with van der Waals surface area (Å²) in [6.45, 7) is 5.47. The van der Waals surface area contributed by atoms with E-state index in [4.69, 9.17) is 32.8 Å². The van der Waals surface area contributed by atoms with E-state index in [9.17, 15) is 24.0 Å². The van der Waals surface area contributed by atoms with Gasteiger partial charge in [0, 0.05) is 53.1 Å². The third-order valence-corrected chi connectivity index (χ3v) is 17.1. The molecule has 0 unspecified atom stereocenters. The average Bonchev–Trinajstić information content (AvgIpc) is 4.01. The topological polar surface area (TPSA) is 171 Å². The number of rotatable bonds is 9. The molecule has 64 heavy (non-hydrogen) atoms. The van der Waals surface area contributed by atoms with Crippen LogP contribution in [0.2, 0.25) is 0 Å². The molecule has 5 fully saturated rings. The molecule has 3 aromatic carbocycles. The molecule has 11 atom stereocenters. The van der Waals surface area contributed by atoms with Crippen molar-refractivity contribution in [3.8, 4) is 0 Å². The maximum atomic E-state index is 15.7. The Hall–Kier alpha value is -5.06. The number of benzene rings is 3. The molecule has 2 aliphatic heterocycles. The number of carbonyl (C=O) groups excluding carboxylic acids is 6. The normalized spacial score (nSPS) is 35.3. The van der Waals surface area contributed by atoms with Crippen LogP contribution in [0.4, 0.5) is 0 Å². The second-order valence-corrected chi connectivity index (χ2v) is 20.9. The molecule has 0 amide bonds. The Bertz CT molecular complexity index is 2700. The number of carbonyl (C=O) groups is 6. The van der Waals surface area contributed by atoms with Gasteiger partial charge in [0.25, 0.3) is 0 Å². The van der Waals surface area contributed by atoms with E-state index in [2.05, 4.69) is 47.8 Å². The summed E-state index contributed by atoms with van der Waals surface area (Å²) in [6, 6.07) is 21.0. The SMILES string of the molecule is COC(=O)[C@@H](OC(=O)c1ccc(Br)cc1)[C@@H]1[C@@]2(C)[C@H]3CC[C@]4(C)C(=CC(=O)O[C@H]4c4ccoc4)[C@@]34OC(=O)[C@]3(OC(=O)c5ccc(Br)cc5)[C@H]4[C@@]2(OC(=O)c2ccc(Br)cc2)C[C@]13C. The van der Waals surface area contributed by atoms with Crippen LogP contribution in [0.1, 0.15) is 82.8 Å². The van der Waals surface area contributed by atoms with Gasteiger partial charge in [-0.25, -0.2) is 28.8 Å². The lowest BCUT2D eigenvalue weighted by atomic mass is 9.51. The summed E-state index contributed by atoms with van der Waals surface area (Å²) in [4.78, 5) is 88.1. The fraction of sp³-hybridized carbons (Fsp3) is 0.375. The van der Waals surface area contributed by atoms with Crippen molar-refractivity contribution in [2.45, 2.75) is 69.0 Å². The second kappa shape index (κ2) is 14.5. The van der Waals surface area contributed by atoms with Gasteiger partial charge >= 0.3 is 35.8 Å². The van der Waals surface area contributed by atoms with Gasteiger partial charge in [-0.3, -0.25) is 0 Å². The van der Waals surface area contributed by atoms with Gasteiger partial charge in [-0.1, -0.05) is 68.6 Å². The van der Waals surface area contributed by atoms with Gasteiger partial charge in [0.15, 0.2) is 0 Å². The van der Waals surface area contributed by atoms with Crippen molar-refractivity contribution >= 4 is 83.6 Å². The lowest BCUT2D eigenvalue weighted by molar-refractivity contribution is -0.219. The molecule has 6 aliphatic rings. The number of ether oxygens (including phenoxy) is 6. The minimum Gasteiger partial charge on any atom is -0.472 e. The molecular formula is C48H39Br3O13. The van der Waals surface area contributed by atoms with E-state index >= 15 is 4.79 Å². The van der Waals surface area contributed by atoms with Gasteiger partial charge in [-0.05, 0) is 104 Å². The number of halogens is 3. The van der Waals surface area contributed by atoms with E-state index in [0.717, 1.165) is 7.11 Å². The van der Waals surface area contributed by atoms with Crippen molar-refractivity contribution in [3.05, 3.63) is 139 Å². The van der Waals surface area contributed by atoms with Gasteiger partial charge < -0.3 is 32.8 Å². The minimum atomic E-state index is -2.34. The van der Waals surface area contributed by atoms with Crippen LogP contribution in [0.15, 0.2) is 121 Å². The molecule has 1 saturated heterocycles. The fourth-order valence-electron chi connectivity index (χ4n) is 13.3. The first-order valence-electron chi connectivity index (χ1n) is 20.6. The third kappa shape index (κ3) is 5.44. The summed E-state index contributed by atoms with van der Waals surface area (Å²) in [5.41, 5.74) is -8.79. The van der Waals surface area contributed by atoms with Gasteiger partial charge in [0.1, 0.15) is 17.3 Å². The maximum absolute atomic E-state index is 15.7. The van der Waals surface area contributed by atoms with Crippen molar-refractivity contribution < 1.29 is 61.6 Å². The van der Waals surface area contributed by atoms with Crippen LogP contribution in [0.5, 0.6) is 0 Å².